The van der Waals surface area contributed by atoms with Crippen molar-refractivity contribution < 1.29 is 4.74 Å². The van der Waals surface area contributed by atoms with E-state index in [-0.39, 0.29) is 5.38 Å². The fraction of sp³-hybridized carbons (Fsp3) is 0.250. The normalized spacial score (nSPS) is 12.2. The summed E-state index contributed by atoms with van der Waals surface area (Å²) in [4.78, 5) is 0. The molecule has 0 heterocycles. The number of benzene rings is 2. The van der Waals surface area contributed by atoms with Gasteiger partial charge in [-0.2, -0.15) is 0 Å². The van der Waals surface area contributed by atoms with Gasteiger partial charge >= 0.3 is 0 Å². The molecular formula is C16H15Cl3O. The lowest BCUT2D eigenvalue weighted by Gasteiger charge is -2.13. The molecule has 0 fully saturated rings. The Hall–Kier alpha value is -0.890. The van der Waals surface area contributed by atoms with Crippen LogP contribution in [0.15, 0.2) is 36.4 Å². The highest BCUT2D eigenvalue weighted by atomic mass is 35.5. The van der Waals surface area contributed by atoms with E-state index >= 15 is 0 Å². The number of ether oxygens (including phenoxy) is 1. The molecule has 0 saturated carbocycles. The molecule has 2 aromatic carbocycles. The molecule has 106 valence electrons. The van der Waals surface area contributed by atoms with Gasteiger partial charge in [0.25, 0.3) is 0 Å². The number of methoxy groups -OCH3 is 1. The zero-order chi connectivity index (χ0) is 14.7. The molecule has 0 aliphatic carbocycles. The largest absolute Gasteiger partial charge is 0.496 e. The highest BCUT2D eigenvalue weighted by Crippen LogP contribution is 2.31. The molecule has 0 amide bonds. The van der Waals surface area contributed by atoms with Crippen LogP contribution in [-0.2, 0) is 6.42 Å². The molecule has 4 heteroatoms. The fourth-order valence-corrected chi connectivity index (χ4v) is 2.72. The van der Waals surface area contributed by atoms with Crippen molar-refractivity contribution in [3.8, 4) is 5.75 Å². The highest BCUT2D eigenvalue weighted by Gasteiger charge is 2.11. The van der Waals surface area contributed by atoms with E-state index in [0.717, 1.165) is 22.4 Å². The molecule has 0 bridgehead atoms. The van der Waals surface area contributed by atoms with Crippen LogP contribution in [0.25, 0.3) is 0 Å². The van der Waals surface area contributed by atoms with Crippen molar-refractivity contribution in [2.24, 2.45) is 0 Å². The number of hydrogen-bond acceptors (Lipinski definition) is 1. The predicted molar refractivity (Wildman–Crippen MR) is 86.5 cm³/mol. The van der Waals surface area contributed by atoms with E-state index in [0.29, 0.717) is 16.5 Å². The van der Waals surface area contributed by atoms with E-state index in [4.69, 9.17) is 39.5 Å². The SMILES string of the molecule is COc1ccc(C(Cl)Cc2ccc(Cl)c(Cl)c2)cc1C. The Balaban J connectivity index is 2.17. The molecule has 1 unspecified atom stereocenters. The van der Waals surface area contributed by atoms with E-state index in [1.165, 1.54) is 0 Å². The van der Waals surface area contributed by atoms with Crippen LogP contribution in [0.1, 0.15) is 22.1 Å². The third kappa shape index (κ3) is 3.60. The van der Waals surface area contributed by atoms with Crippen molar-refractivity contribution in [1.29, 1.82) is 0 Å². The van der Waals surface area contributed by atoms with E-state index in [1.54, 1.807) is 13.2 Å². The molecule has 0 aliphatic rings. The second-order valence-electron chi connectivity index (χ2n) is 4.65. The standard InChI is InChI=1S/C16H15Cl3O/c1-10-7-12(4-6-16(10)20-2)14(18)8-11-3-5-13(17)15(19)9-11/h3-7,9,14H,8H2,1-2H3. The molecule has 0 saturated heterocycles. The summed E-state index contributed by atoms with van der Waals surface area (Å²) in [5.74, 6) is 0.868. The van der Waals surface area contributed by atoms with Crippen molar-refractivity contribution in [3.63, 3.8) is 0 Å². The Labute approximate surface area is 134 Å². The summed E-state index contributed by atoms with van der Waals surface area (Å²) in [5.41, 5.74) is 3.20. The second-order valence-corrected chi connectivity index (χ2v) is 5.99. The van der Waals surface area contributed by atoms with Crippen LogP contribution in [0.3, 0.4) is 0 Å². The molecular weight excluding hydrogens is 315 g/mol. The van der Waals surface area contributed by atoms with Crippen LogP contribution < -0.4 is 4.74 Å². The Morgan fingerprint density at radius 1 is 1.05 bits per heavy atom. The van der Waals surface area contributed by atoms with Gasteiger partial charge in [0.1, 0.15) is 5.75 Å². The van der Waals surface area contributed by atoms with E-state index in [2.05, 4.69) is 0 Å². The summed E-state index contributed by atoms with van der Waals surface area (Å²) in [5, 5.41) is 0.998. The Morgan fingerprint density at radius 2 is 1.80 bits per heavy atom. The van der Waals surface area contributed by atoms with Gasteiger partial charge < -0.3 is 4.74 Å². The van der Waals surface area contributed by atoms with Crippen molar-refractivity contribution in [2.45, 2.75) is 18.7 Å². The monoisotopic (exact) mass is 328 g/mol. The average molecular weight is 330 g/mol. The molecule has 0 aliphatic heterocycles. The first kappa shape index (κ1) is 15.5. The van der Waals surface area contributed by atoms with Gasteiger partial charge in [-0.3, -0.25) is 0 Å². The minimum absolute atomic E-state index is 0.114. The first-order chi connectivity index (χ1) is 9.51. The zero-order valence-corrected chi connectivity index (χ0v) is 13.6. The van der Waals surface area contributed by atoms with Crippen LogP contribution in [0.2, 0.25) is 10.0 Å². The predicted octanol–water partition coefficient (Wildman–Crippen LogP) is 5.83. The lowest BCUT2D eigenvalue weighted by atomic mass is 10.0. The van der Waals surface area contributed by atoms with Crippen molar-refractivity contribution in [3.05, 3.63) is 63.1 Å². The molecule has 2 aromatic rings. The topological polar surface area (TPSA) is 9.23 Å². The van der Waals surface area contributed by atoms with Gasteiger partial charge in [0.15, 0.2) is 0 Å². The second kappa shape index (κ2) is 6.71. The molecule has 0 aromatic heterocycles. The van der Waals surface area contributed by atoms with E-state index < -0.39 is 0 Å². The van der Waals surface area contributed by atoms with Gasteiger partial charge in [-0.05, 0) is 48.2 Å². The molecule has 0 spiro atoms. The fourth-order valence-electron chi connectivity index (χ4n) is 2.09. The molecule has 0 N–H and O–H groups in total. The Bertz CT molecular complexity index is 611. The summed E-state index contributed by atoms with van der Waals surface area (Å²) in [7, 11) is 1.66. The minimum atomic E-state index is -0.114. The minimum Gasteiger partial charge on any atom is -0.496 e. The van der Waals surface area contributed by atoms with Crippen molar-refractivity contribution in [1.82, 2.24) is 0 Å². The third-order valence-corrected chi connectivity index (χ3v) is 4.32. The van der Waals surface area contributed by atoms with Gasteiger partial charge in [-0.15, -0.1) is 11.6 Å². The van der Waals surface area contributed by atoms with Gasteiger partial charge in [0.05, 0.1) is 22.5 Å². The maximum absolute atomic E-state index is 6.48. The highest BCUT2D eigenvalue weighted by molar-refractivity contribution is 6.42. The van der Waals surface area contributed by atoms with Crippen LogP contribution in [0.4, 0.5) is 0 Å². The number of aryl methyl sites for hydroxylation is 1. The van der Waals surface area contributed by atoms with E-state index in [1.807, 2.05) is 37.3 Å². The van der Waals surface area contributed by atoms with Gasteiger partial charge in [0.2, 0.25) is 0 Å². The van der Waals surface area contributed by atoms with Crippen LogP contribution >= 0.6 is 34.8 Å². The quantitative estimate of drug-likeness (QED) is 0.641. The molecule has 1 nitrogen and oxygen atoms in total. The number of hydrogen-bond donors (Lipinski definition) is 0. The van der Waals surface area contributed by atoms with Gasteiger partial charge in [-0.25, -0.2) is 0 Å². The number of rotatable bonds is 4. The van der Waals surface area contributed by atoms with Crippen LogP contribution in [-0.4, -0.2) is 7.11 Å². The van der Waals surface area contributed by atoms with Crippen LogP contribution in [0, 0.1) is 6.92 Å². The number of halogens is 3. The van der Waals surface area contributed by atoms with Crippen LogP contribution in [0.5, 0.6) is 5.75 Å². The number of alkyl halides is 1. The first-order valence-electron chi connectivity index (χ1n) is 6.24. The summed E-state index contributed by atoms with van der Waals surface area (Å²) >= 11 is 18.4. The Morgan fingerprint density at radius 3 is 2.40 bits per heavy atom. The molecule has 0 radical (unpaired) electrons. The maximum Gasteiger partial charge on any atom is 0.121 e. The van der Waals surface area contributed by atoms with Gasteiger partial charge in [0, 0.05) is 0 Å². The van der Waals surface area contributed by atoms with Crippen molar-refractivity contribution in [2.75, 3.05) is 7.11 Å². The van der Waals surface area contributed by atoms with Crippen molar-refractivity contribution >= 4 is 34.8 Å². The maximum atomic E-state index is 6.48. The lowest BCUT2D eigenvalue weighted by Crippen LogP contribution is -1.97. The molecule has 20 heavy (non-hydrogen) atoms. The lowest BCUT2D eigenvalue weighted by molar-refractivity contribution is 0.411. The third-order valence-electron chi connectivity index (χ3n) is 3.18. The summed E-state index contributed by atoms with van der Waals surface area (Å²) in [6.45, 7) is 2.01. The van der Waals surface area contributed by atoms with Gasteiger partial charge in [-0.1, -0.05) is 41.4 Å². The summed E-state index contributed by atoms with van der Waals surface area (Å²) < 4.78 is 5.25. The summed E-state index contributed by atoms with van der Waals surface area (Å²) in [6.07, 6.45) is 0.699. The molecule has 2 rings (SSSR count). The Kier molecular flexibility index (Phi) is 5.20. The average Bonchev–Trinajstić information content (AvgIpc) is 2.42. The van der Waals surface area contributed by atoms with E-state index in [9.17, 15) is 0 Å². The summed E-state index contributed by atoms with van der Waals surface area (Å²) in [6, 6.07) is 11.6. The first-order valence-corrected chi connectivity index (χ1v) is 7.43. The zero-order valence-electron chi connectivity index (χ0n) is 11.3. The smallest absolute Gasteiger partial charge is 0.121 e. The molecule has 1 atom stereocenters.